The number of aryl methyl sites for hydroxylation is 1. The van der Waals surface area contributed by atoms with Crippen LogP contribution in [0.25, 0.3) is 11.1 Å². The molecule has 0 aliphatic heterocycles. The SMILES string of the molecule is CCCCCCCc1c(OC(=O)O)ccc(-c2ccccc2C)c1CCCCCCC. The van der Waals surface area contributed by atoms with E-state index in [4.69, 9.17) is 4.74 Å². The Bertz CT molecular complexity index is 810. The van der Waals surface area contributed by atoms with Gasteiger partial charge in [0.2, 0.25) is 0 Å². The Morgan fingerprint density at radius 1 is 0.742 bits per heavy atom. The van der Waals surface area contributed by atoms with Gasteiger partial charge in [-0.1, -0.05) is 95.5 Å². The van der Waals surface area contributed by atoms with Crippen LogP contribution in [0, 0.1) is 6.92 Å². The van der Waals surface area contributed by atoms with E-state index >= 15 is 0 Å². The highest BCUT2D eigenvalue weighted by molar-refractivity contribution is 5.74. The first-order valence-corrected chi connectivity index (χ1v) is 12.2. The number of carbonyl (C=O) groups is 1. The minimum atomic E-state index is -1.23. The molecule has 3 heteroatoms. The maximum atomic E-state index is 11.4. The molecule has 3 nitrogen and oxygen atoms in total. The highest BCUT2D eigenvalue weighted by Crippen LogP contribution is 2.36. The Balaban J connectivity index is 2.39. The van der Waals surface area contributed by atoms with Gasteiger partial charge in [0.05, 0.1) is 0 Å². The van der Waals surface area contributed by atoms with Crippen LogP contribution in [0.1, 0.15) is 94.7 Å². The zero-order valence-electron chi connectivity index (χ0n) is 19.7. The van der Waals surface area contributed by atoms with E-state index < -0.39 is 6.16 Å². The standard InChI is InChI=1S/C28H40O3/c1-4-6-8-10-12-18-24-25(23-17-15-14-16-22(23)3)20-21-27(31-28(29)30)26(24)19-13-11-9-7-5-2/h14-17,20-21H,4-13,18-19H2,1-3H3,(H,29,30). The Morgan fingerprint density at radius 2 is 1.32 bits per heavy atom. The van der Waals surface area contributed by atoms with Crippen LogP contribution >= 0.6 is 0 Å². The highest BCUT2D eigenvalue weighted by atomic mass is 16.7. The third-order valence-electron chi connectivity index (χ3n) is 6.08. The first-order valence-electron chi connectivity index (χ1n) is 12.2. The Kier molecular flexibility index (Phi) is 11.2. The number of rotatable bonds is 14. The van der Waals surface area contributed by atoms with Gasteiger partial charge in [0.15, 0.2) is 0 Å². The molecule has 2 rings (SSSR count). The molecule has 0 heterocycles. The molecule has 31 heavy (non-hydrogen) atoms. The lowest BCUT2D eigenvalue weighted by Crippen LogP contribution is -2.09. The molecule has 0 atom stereocenters. The summed E-state index contributed by atoms with van der Waals surface area (Å²) in [6.07, 6.45) is 12.7. The van der Waals surface area contributed by atoms with E-state index in [1.54, 1.807) is 0 Å². The molecule has 0 spiro atoms. The van der Waals surface area contributed by atoms with Gasteiger partial charge in [0.25, 0.3) is 0 Å². The summed E-state index contributed by atoms with van der Waals surface area (Å²) in [6.45, 7) is 6.60. The van der Waals surface area contributed by atoms with E-state index in [0.29, 0.717) is 5.75 Å². The van der Waals surface area contributed by atoms with Crippen molar-refractivity contribution in [1.82, 2.24) is 0 Å². The third kappa shape index (κ3) is 8.05. The number of benzene rings is 2. The molecular formula is C28H40O3. The highest BCUT2D eigenvalue weighted by Gasteiger charge is 2.18. The normalized spacial score (nSPS) is 10.9. The maximum Gasteiger partial charge on any atom is 0.511 e. The summed E-state index contributed by atoms with van der Waals surface area (Å²) in [5.41, 5.74) is 6.08. The minimum absolute atomic E-state index is 0.517. The number of ether oxygens (including phenoxy) is 1. The average molecular weight is 425 g/mol. The quantitative estimate of drug-likeness (QED) is 0.187. The number of unbranched alkanes of at least 4 members (excludes halogenated alkanes) is 8. The fraction of sp³-hybridized carbons (Fsp3) is 0.536. The molecule has 0 amide bonds. The molecule has 0 bridgehead atoms. The average Bonchev–Trinajstić information content (AvgIpc) is 2.75. The monoisotopic (exact) mass is 424 g/mol. The summed E-state index contributed by atoms with van der Waals surface area (Å²) in [4.78, 5) is 11.4. The summed E-state index contributed by atoms with van der Waals surface area (Å²) in [5, 5.41) is 9.31. The van der Waals surface area contributed by atoms with E-state index in [2.05, 4.69) is 51.1 Å². The fourth-order valence-electron chi connectivity index (χ4n) is 4.36. The zero-order chi connectivity index (χ0) is 22.5. The first kappa shape index (κ1) is 25.0. The largest absolute Gasteiger partial charge is 0.511 e. The summed E-state index contributed by atoms with van der Waals surface area (Å²) < 4.78 is 5.25. The van der Waals surface area contributed by atoms with Gasteiger partial charge in [-0.2, -0.15) is 0 Å². The molecule has 170 valence electrons. The van der Waals surface area contributed by atoms with Crippen molar-refractivity contribution in [3.05, 3.63) is 53.1 Å². The lowest BCUT2D eigenvalue weighted by Gasteiger charge is -2.20. The second kappa shape index (κ2) is 13.9. The zero-order valence-corrected chi connectivity index (χ0v) is 19.7. The molecule has 0 saturated heterocycles. The Hall–Kier alpha value is -2.29. The second-order valence-electron chi connectivity index (χ2n) is 8.58. The van der Waals surface area contributed by atoms with Gasteiger partial charge in [-0.05, 0) is 66.5 Å². The molecule has 1 N–H and O–H groups in total. The van der Waals surface area contributed by atoms with Gasteiger partial charge in [-0.3, -0.25) is 0 Å². The number of hydrogen-bond donors (Lipinski definition) is 1. The van der Waals surface area contributed by atoms with Gasteiger partial charge < -0.3 is 9.84 Å². The van der Waals surface area contributed by atoms with Crippen molar-refractivity contribution in [2.45, 2.75) is 97.8 Å². The van der Waals surface area contributed by atoms with Crippen molar-refractivity contribution >= 4 is 6.16 Å². The first-order chi connectivity index (χ1) is 15.1. The molecule has 0 aromatic heterocycles. The number of carboxylic acid groups (broad SMARTS) is 1. The fourth-order valence-corrected chi connectivity index (χ4v) is 4.36. The lowest BCUT2D eigenvalue weighted by atomic mass is 9.87. The molecule has 0 radical (unpaired) electrons. The van der Waals surface area contributed by atoms with Crippen molar-refractivity contribution in [3.8, 4) is 16.9 Å². The smallest absolute Gasteiger partial charge is 0.449 e. The number of hydrogen-bond acceptors (Lipinski definition) is 2. The van der Waals surface area contributed by atoms with E-state index in [1.165, 1.54) is 73.6 Å². The van der Waals surface area contributed by atoms with Crippen molar-refractivity contribution in [3.63, 3.8) is 0 Å². The van der Waals surface area contributed by atoms with E-state index in [0.717, 1.165) is 31.2 Å². The van der Waals surface area contributed by atoms with Crippen LogP contribution in [0.4, 0.5) is 4.79 Å². The van der Waals surface area contributed by atoms with Crippen LogP contribution in [0.3, 0.4) is 0 Å². The van der Waals surface area contributed by atoms with Crippen molar-refractivity contribution < 1.29 is 14.6 Å². The maximum absolute atomic E-state index is 11.4. The molecule has 0 unspecified atom stereocenters. The molecule has 0 fully saturated rings. The van der Waals surface area contributed by atoms with E-state index in [9.17, 15) is 9.90 Å². The summed E-state index contributed by atoms with van der Waals surface area (Å²) in [6, 6.07) is 12.4. The van der Waals surface area contributed by atoms with Gasteiger partial charge in [-0.25, -0.2) is 4.79 Å². The summed E-state index contributed by atoms with van der Waals surface area (Å²) in [5.74, 6) is 0.517. The molecule has 0 aliphatic carbocycles. The van der Waals surface area contributed by atoms with Crippen LogP contribution in [0.5, 0.6) is 5.75 Å². The topological polar surface area (TPSA) is 46.5 Å². The minimum Gasteiger partial charge on any atom is -0.449 e. The van der Waals surface area contributed by atoms with E-state index in [1.807, 2.05) is 6.07 Å². The van der Waals surface area contributed by atoms with Crippen LogP contribution in [-0.4, -0.2) is 11.3 Å². The molecule has 2 aromatic rings. The molecule has 0 aliphatic rings. The van der Waals surface area contributed by atoms with Crippen molar-refractivity contribution in [1.29, 1.82) is 0 Å². The van der Waals surface area contributed by atoms with Crippen LogP contribution in [0.15, 0.2) is 36.4 Å². The van der Waals surface area contributed by atoms with E-state index in [-0.39, 0.29) is 0 Å². The Labute approximate surface area is 188 Å². The van der Waals surface area contributed by atoms with Crippen LogP contribution < -0.4 is 4.74 Å². The van der Waals surface area contributed by atoms with Crippen LogP contribution in [0.2, 0.25) is 0 Å². The lowest BCUT2D eigenvalue weighted by molar-refractivity contribution is 0.144. The second-order valence-corrected chi connectivity index (χ2v) is 8.58. The molecule has 0 saturated carbocycles. The van der Waals surface area contributed by atoms with Gasteiger partial charge in [0.1, 0.15) is 5.75 Å². The van der Waals surface area contributed by atoms with Crippen LogP contribution in [-0.2, 0) is 12.8 Å². The summed E-state index contributed by atoms with van der Waals surface area (Å²) >= 11 is 0. The third-order valence-corrected chi connectivity index (χ3v) is 6.08. The van der Waals surface area contributed by atoms with Crippen molar-refractivity contribution in [2.24, 2.45) is 0 Å². The predicted octanol–water partition coefficient (Wildman–Crippen LogP) is 8.74. The predicted molar refractivity (Wildman–Crippen MR) is 130 cm³/mol. The van der Waals surface area contributed by atoms with Gasteiger partial charge in [-0.15, -0.1) is 0 Å². The Morgan fingerprint density at radius 3 is 1.90 bits per heavy atom. The summed E-state index contributed by atoms with van der Waals surface area (Å²) in [7, 11) is 0. The molecular weight excluding hydrogens is 384 g/mol. The molecule has 2 aromatic carbocycles. The van der Waals surface area contributed by atoms with Gasteiger partial charge >= 0.3 is 6.16 Å². The van der Waals surface area contributed by atoms with Crippen molar-refractivity contribution in [2.75, 3.05) is 0 Å². The van der Waals surface area contributed by atoms with Gasteiger partial charge in [0, 0.05) is 0 Å².